The van der Waals surface area contributed by atoms with Gasteiger partial charge >= 0.3 is 0 Å². The van der Waals surface area contributed by atoms with Gasteiger partial charge in [0, 0.05) is 24.6 Å². The highest BCUT2D eigenvalue weighted by Gasteiger charge is 2.20. The van der Waals surface area contributed by atoms with E-state index in [2.05, 4.69) is 22.7 Å². The summed E-state index contributed by atoms with van der Waals surface area (Å²) in [5.41, 5.74) is 1.94. The van der Waals surface area contributed by atoms with Crippen molar-refractivity contribution in [3.05, 3.63) is 42.1 Å². The van der Waals surface area contributed by atoms with Crippen molar-refractivity contribution >= 4 is 23.3 Å². The van der Waals surface area contributed by atoms with Crippen LogP contribution in [-0.4, -0.2) is 21.6 Å². The van der Waals surface area contributed by atoms with E-state index in [9.17, 15) is 9.59 Å². The number of nitrogens with zero attached hydrogens (tertiary/aromatic N) is 2. The van der Waals surface area contributed by atoms with Gasteiger partial charge in [-0.15, -0.1) is 0 Å². The summed E-state index contributed by atoms with van der Waals surface area (Å²) in [6.07, 6.45) is 7.54. The van der Waals surface area contributed by atoms with Crippen LogP contribution in [0, 0.1) is 0 Å². The lowest BCUT2D eigenvalue weighted by atomic mass is 10.1. The topological polar surface area (TPSA) is 76.0 Å². The lowest BCUT2D eigenvalue weighted by Crippen LogP contribution is -2.20. The molecule has 0 radical (unpaired) electrons. The van der Waals surface area contributed by atoms with Gasteiger partial charge in [-0.1, -0.05) is 31.9 Å². The van der Waals surface area contributed by atoms with Crippen LogP contribution < -0.4 is 10.6 Å². The number of nitrogens with one attached hydrogen (secondary N) is 2. The predicted octanol–water partition coefficient (Wildman–Crippen LogP) is 3.92. The zero-order valence-corrected chi connectivity index (χ0v) is 15.2. The first kappa shape index (κ1) is 18.2. The minimum atomic E-state index is -0.165. The Morgan fingerprint density at radius 3 is 2.58 bits per heavy atom. The number of aryl methyl sites for hydroxylation is 1. The van der Waals surface area contributed by atoms with Crippen molar-refractivity contribution in [3.63, 3.8) is 0 Å². The molecule has 0 bridgehead atoms. The molecule has 1 aliphatic rings. The smallest absolute Gasteiger partial charge is 0.226 e. The number of rotatable bonds is 7. The van der Waals surface area contributed by atoms with Crippen LogP contribution in [0.3, 0.4) is 0 Å². The number of hydrogen-bond donors (Lipinski definition) is 2. The van der Waals surface area contributed by atoms with Crippen molar-refractivity contribution in [2.24, 2.45) is 0 Å². The summed E-state index contributed by atoms with van der Waals surface area (Å²) in [7, 11) is 0. The Balaban J connectivity index is 1.48. The van der Waals surface area contributed by atoms with Crippen LogP contribution in [0.5, 0.6) is 0 Å². The van der Waals surface area contributed by atoms with Gasteiger partial charge < -0.3 is 10.6 Å². The molecule has 2 N–H and O–H groups in total. The molecule has 6 heteroatoms. The number of benzene rings is 1. The number of hydrogen-bond acceptors (Lipinski definition) is 3. The standard InChI is InChI=1S/C20H26N4O2/c1-2-15-6-5-7-16(14-15)22-19(25)10-11-20(26)23-18-12-13-21-24(18)17-8-3-4-9-17/h5-7,12-14,17H,2-4,8-11H2,1H3,(H,22,25)(H,23,26). The molecule has 3 rings (SSSR count). The highest BCUT2D eigenvalue weighted by atomic mass is 16.2. The molecule has 26 heavy (non-hydrogen) atoms. The van der Waals surface area contributed by atoms with E-state index >= 15 is 0 Å². The minimum absolute atomic E-state index is 0.148. The highest BCUT2D eigenvalue weighted by molar-refractivity contribution is 5.96. The first-order valence-electron chi connectivity index (χ1n) is 9.38. The van der Waals surface area contributed by atoms with E-state index < -0.39 is 0 Å². The maximum Gasteiger partial charge on any atom is 0.226 e. The van der Waals surface area contributed by atoms with E-state index in [0.29, 0.717) is 6.04 Å². The average molecular weight is 354 g/mol. The lowest BCUT2D eigenvalue weighted by Gasteiger charge is -2.14. The third-order valence-corrected chi connectivity index (χ3v) is 4.81. The van der Waals surface area contributed by atoms with Gasteiger partial charge in [0.15, 0.2) is 0 Å². The number of amides is 2. The normalized spacial score (nSPS) is 14.3. The monoisotopic (exact) mass is 354 g/mol. The number of carbonyl (C=O) groups excluding carboxylic acids is 2. The summed E-state index contributed by atoms with van der Waals surface area (Å²) in [4.78, 5) is 24.3. The summed E-state index contributed by atoms with van der Waals surface area (Å²) >= 11 is 0. The third kappa shape index (κ3) is 4.71. The maximum absolute atomic E-state index is 12.2. The second-order valence-electron chi connectivity index (χ2n) is 6.75. The molecule has 1 aromatic carbocycles. The molecule has 2 amide bonds. The van der Waals surface area contributed by atoms with Crippen molar-refractivity contribution in [2.75, 3.05) is 10.6 Å². The van der Waals surface area contributed by atoms with Crippen molar-refractivity contribution in [1.29, 1.82) is 0 Å². The largest absolute Gasteiger partial charge is 0.326 e. The molecule has 1 saturated carbocycles. The Morgan fingerprint density at radius 1 is 1.12 bits per heavy atom. The van der Waals surface area contributed by atoms with Crippen LogP contribution in [0.25, 0.3) is 0 Å². The van der Waals surface area contributed by atoms with Gasteiger partial charge in [0.05, 0.1) is 12.2 Å². The number of anilines is 2. The molecule has 2 aromatic rings. The van der Waals surface area contributed by atoms with Crippen LogP contribution in [-0.2, 0) is 16.0 Å². The Hall–Kier alpha value is -2.63. The first-order valence-corrected chi connectivity index (χ1v) is 9.38. The molecule has 6 nitrogen and oxygen atoms in total. The molecule has 0 unspecified atom stereocenters. The fraction of sp³-hybridized carbons (Fsp3) is 0.450. The zero-order valence-electron chi connectivity index (χ0n) is 15.2. The fourth-order valence-corrected chi connectivity index (χ4v) is 3.38. The van der Waals surface area contributed by atoms with Crippen LogP contribution in [0.2, 0.25) is 0 Å². The Morgan fingerprint density at radius 2 is 1.85 bits per heavy atom. The SMILES string of the molecule is CCc1cccc(NC(=O)CCC(=O)Nc2ccnn2C2CCCC2)c1. The second kappa shape index (κ2) is 8.65. The van der Waals surface area contributed by atoms with Gasteiger partial charge in [0.25, 0.3) is 0 Å². The van der Waals surface area contributed by atoms with E-state index in [1.165, 1.54) is 18.4 Å². The van der Waals surface area contributed by atoms with Crippen molar-refractivity contribution in [2.45, 2.75) is 57.9 Å². The number of aromatic nitrogens is 2. The van der Waals surface area contributed by atoms with Gasteiger partial charge in [-0.3, -0.25) is 9.59 Å². The van der Waals surface area contributed by atoms with Gasteiger partial charge in [0.1, 0.15) is 5.82 Å². The number of carbonyl (C=O) groups is 2. The van der Waals surface area contributed by atoms with E-state index in [1.807, 2.05) is 35.0 Å². The van der Waals surface area contributed by atoms with Crippen LogP contribution in [0.15, 0.2) is 36.5 Å². The molecule has 1 heterocycles. The molecule has 138 valence electrons. The minimum Gasteiger partial charge on any atom is -0.326 e. The van der Waals surface area contributed by atoms with E-state index in [-0.39, 0.29) is 24.7 Å². The molecule has 0 aliphatic heterocycles. The van der Waals surface area contributed by atoms with Crippen molar-refractivity contribution < 1.29 is 9.59 Å². The Bertz CT molecular complexity index is 763. The van der Waals surface area contributed by atoms with Crippen LogP contribution in [0.1, 0.15) is 57.1 Å². The molecular weight excluding hydrogens is 328 g/mol. The molecule has 1 aromatic heterocycles. The lowest BCUT2D eigenvalue weighted by molar-refractivity contribution is -0.121. The summed E-state index contributed by atoms with van der Waals surface area (Å²) in [6.45, 7) is 2.07. The highest BCUT2D eigenvalue weighted by Crippen LogP contribution is 2.31. The van der Waals surface area contributed by atoms with E-state index in [0.717, 1.165) is 30.8 Å². The second-order valence-corrected chi connectivity index (χ2v) is 6.75. The van der Waals surface area contributed by atoms with Gasteiger partial charge in [-0.05, 0) is 37.0 Å². The molecule has 0 atom stereocenters. The summed E-state index contributed by atoms with van der Waals surface area (Å²) < 4.78 is 1.90. The van der Waals surface area contributed by atoms with Crippen LogP contribution >= 0.6 is 0 Å². The van der Waals surface area contributed by atoms with Gasteiger partial charge in [-0.25, -0.2) is 4.68 Å². The molecular formula is C20H26N4O2. The summed E-state index contributed by atoms with van der Waals surface area (Å²) in [6, 6.07) is 9.94. The van der Waals surface area contributed by atoms with E-state index in [4.69, 9.17) is 0 Å². The molecule has 0 saturated heterocycles. The predicted molar refractivity (Wildman–Crippen MR) is 102 cm³/mol. The average Bonchev–Trinajstić information content (AvgIpc) is 3.31. The van der Waals surface area contributed by atoms with Crippen LogP contribution in [0.4, 0.5) is 11.5 Å². The van der Waals surface area contributed by atoms with Gasteiger partial charge in [-0.2, -0.15) is 5.10 Å². The quantitative estimate of drug-likeness (QED) is 0.791. The summed E-state index contributed by atoms with van der Waals surface area (Å²) in [5, 5.41) is 10.1. The fourth-order valence-electron chi connectivity index (χ4n) is 3.38. The molecule has 0 spiro atoms. The maximum atomic E-state index is 12.2. The Labute approximate surface area is 154 Å². The van der Waals surface area contributed by atoms with E-state index in [1.54, 1.807) is 6.20 Å². The zero-order chi connectivity index (χ0) is 18.4. The third-order valence-electron chi connectivity index (χ3n) is 4.81. The molecule has 1 aliphatic carbocycles. The van der Waals surface area contributed by atoms with Crippen molar-refractivity contribution in [3.8, 4) is 0 Å². The molecule has 1 fully saturated rings. The van der Waals surface area contributed by atoms with Crippen molar-refractivity contribution in [1.82, 2.24) is 9.78 Å². The van der Waals surface area contributed by atoms with Gasteiger partial charge in [0.2, 0.25) is 11.8 Å². The Kier molecular flexibility index (Phi) is 6.04. The first-order chi connectivity index (χ1) is 12.7. The summed E-state index contributed by atoms with van der Waals surface area (Å²) in [5.74, 6) is 0.401.